The molecule has 1 heterocycles. The molecule has 1 rings (SSSR count). The van der Waals surface area contributed by atoms with Gasteiger partial charge in [-0.25, -0.2) is 0 Å². The Morgan fingerprint density at radius 3 is 2.82 bits per heavy atom. The molecule has 0 saturated heterocycles. The summed E-state index contributed by atoms with van der Waals surface area (Å²) in [5.74, 6) is 0. The molecule has 0 spiro atoms. The minimum atomic E-state index is -0.463. The summed E-state index contributed by atoms with van der Waals surface area (Å²) in [5.41, 5.74) is 0.209. The normalized spacial score (nSPS) is 10.5. The van der Waals surface area contributed by atoms with Crippen molar-refractivity contribution in [2.24, 2.45) is 0 Å². The van der Waals surface area contributed by atoms with Crippen LogP contribution >= 0.6 is 0 Å². The van der Waals surface area contributed by atoms with E-state index < -0.39 is 4.92 Å². The van der Waals surface area contributed by atoms with Gasteiger partial charge in [0.05, 0.1) is 11.1 Å². The van der Waals surface area contributed by atoms with E-state index in [0.717, 1.165) is 19.5 Å². The van der Waals surface area contributed by atoms with Crippen LogP contribution in [0, 0.1) is 17.0 Å². The van der Waals surface area contributed by atoms with Crippen molar-refractivity contribution in [2.45, 2.75) is 26.8 Å². The Morgan fingerprint density at radius 1 is 1.53 bits per heavy atom. The first kappa shape index (κ1) is 13.4. The molecule has 1 aromatic rings. The number of nitro groups is 1. The van der Waals surface area contributed by atoms with Crippen molar-refractivity contribution >= 4 is 5.69 Å². The molecule has 0 aliphatic heterocycles. The molecule has 0 fully saturated rings. The molecule has 0 bridgehead atoms. The third kappa shape index (κ3) is 3.67. The maximum atomic E-state index is 11.6. The summed E-state index contributed by atoms with van der Waals surface area (Å²) >= 11 is 0. The Hall–Kier alpha value is -1.69. The predicted molar refractivity (Wildman–Crippen MR) is 65.3 cm³/mol. The number of pyridine rings is 1. The van der Waals surface area contributed by atoms with Gasteiger partial charge in [-0.05, 0) is 26.4 Å². The van der Waals surface area contributed by atoms with Crippen molar-refractivity contribution in [3.63, 3.8) is 0 Å². The van der Waals surface area contributed by atoms with Crippen LogP contribution in [0.2, 0.25) is 0 Å². The van der Waals surface area contributed by atoms with Crippen molar-refractivity contribution in [1.82, 2.24) is 9.88 Å². The molecule has 0 aromatic carbocycles. The van der Waals surface area contributed by atoms with Gasteiger partial charge in [-0.3, -0.25) is 14.9 Å². The van der Waals surface area contributed by atoms with Gasteiger partial charge in [0.25, 0.3) is 11.2 Å². The van der Waals surface area contributed by atoms with E-state index in [0.29, 0.717) is 12.1 Å². The first-order valence-corrected chi connectivity index (χ1v) is 5.62. The number of nitrogens with zero attached hydrogens (tertiary/aromatic N) is 2. The molecule has 0 radical (unpaired) electrons. The fourth-order valence-electron chi connectivity index (χ4n) is 1.57. The molecular weight excluding hydrogens is 222 g/mol. The summed E-state index contributed by atoms with van der Waals surface area (Å²) < 4.78 is 1.39. The molecular formula is C11H17N3O3. The van der Waals surface area contributed by atoms with Crippen molar-refractivity contribution in [2.75, 3.05) is 13.1 Å². The molecule has 6 heteroatoms. The molecule has 94 valence electrons. The number of nitrogens with one attached hydrogen (secondary N) is 1. The molecule has 1 N–H and O–H groups in total. The highest BCUT2D eigenvalue weighted by Gasteiger charge is 2.12. The van der Waals surface area contributed by atoms with Crippen molar-refractivity contribution in [3.05, 3.63) is 38.3 Å². The summed E-state index contributed by atoms with van der Waals surface area (Å²) in [6, 6.07) is 1.31. The molecule has 0 saturated carbocycles. The SMILES string of the molecule is CCNCCCn1cc([N+](=O)[O-])c(C)cc1=O. The molecule has 0 atom stereocenters. The zero-order valence-electron chi connectivity index (χ0n) is 10.1. The van der Waals surface area contributed by atoms with E-state index in [2.05, 4.69) is 5.32 Å². The highest BCUT2D eigenvalue weighted by molar-refractivity contribution is 5.35. The van der Waals surface area contributed by atoms with E-state index in [1.54, 1.807) is 6.92 Å². The van der Waals surface area contributed by atoms with Gasteiger partial charge in [-0.15, -0.1) is 0 Å². The first-order valence-electron chi connectivity index (χ1n) is 5.62. The van der Waals surface area contributed by atoms with Gasteiger partial charge in [0.15, 0.2) is 0 Å². The average Bonchev–Trinajstić information content (AvgIpc) is 2.26. The van der Waals surface area contributed by atoms with Gasteiger partial charge in [-0.2, -0.15) is 0 Å². The van der Waals surface area contributed by atoms with E-state index in [-0.39, 0.29) is 11.2 Å². The quantitative estimate of drug-likeness (QED) is 0.457. The Kier molecular flexibility index (Phi) is 4.84. The molecule has 0 aliphatic rings. The molecule has 0 amide bonds. The number of aromatic nitrogens is 1. The predicted octanol–water partition coefficient (Wildman–Crippen LogP) is 1.06. The second kappa shape index (κ2) is 6.15. The Balaban J connectivity index is 2.81. The maximum Gasteiger partial charge on any atom is 0.288 e. The second-order valence-corrected chi connectivity index (χ2v) is 3.84. The zero-order chi connectivity index (χ0) is 12.8. The van der Waals surface area contributed by atoms with E-state index in [1.807, 2.05) is 6.92 Å². The molecule has 0 aliphatic carbocycles. The summed E-state index contributed by atoms with van der Waals surface area (Å²) in [5, 5.41) is 13.9. The van der Waals surface area contributed by atoms with E-state index in [4.69, 9.17) is 0 Å². The van der Waals surface area contributed by atoms with Gasteiger partial charge in [0.1, 0.15) is 0 Å². The lowest BCUT2D eigenvalue weighted by atomic mass is 10.2. The minimum Gasteiger partial charge on any atom is -0.317 e. The Bertz CT molecular complexity index is 454. The standard InChI is InChI=1S/C11H17N3O3/c1-3-12-5-4-6-13-8-10(14(16)17)9(2)7-11(13)15/h7-8,12H,3-6H2,1-2H3. The Morgan fingerprint density at radius 2 is 2.24 bits per heavy atom. The summed E-state index contributed by atoms with van der Waals surface area (Å²) in [6.45, 7) is 5.74. The fraction of sp³-hybridized carbons (Fsp3) is 0.545. The topological polar surface area (TPSA) is 77.2 Å². The third-order valence-electron chi connectivity index (χ3n) is 2.50. The minimum absolute atomic E-state index is 0.00643. The van der Waals surface area contributed by atoms with Crippen molar-refractivity contribution in [3.8, 4) is 0 Å². The summed E-state index contributed by atoms with van der Waals surface area (Å²) in [6.07, 6.45) is 2.09. The lowest BCUT2D eigenvalue weighted by molar-refractivity contribution is -0.385. The van der Waals surface area contributed by atoms with Crippen LogP contribution in [0.3, 0.4) is 0 Å². The van der Waals surface area contributed by atoms with Gasteiger partial charge in [0.2, 0.25) is 0 Å². The molecule has 0 unspecified atom stereocenters. The van der Waals surface area contributed by atoms with Gasteiger partial charge in [-0.1, -0.05) is 6.92 Å². The number of rotatable bonds is 6. The van der Waals surface area contributed by atoms with Crippen molar-refractivity contribution in [1.29, 1.82) is 0 Å². The third-order valence-corrected chi connectivity index (χ3v) is 2.50. The maximum absolute atomic E-state index is 11.6. The molecule has 6 nitrogen and oxygen atoms in total. The van der Waals surface area contributed by atoms with Gasteiger partial charge >= 0.3 is 0 Å². The number of hydrogen-bond donors (Lipinski definition) is 1. The summed E-state index contributed by atoms with van der Waals surface area (Å²) in [4.78, 5) is 21.9. The number of hydrogen-bond acceptors (Lipinski definition) is 4. The number of aryl methyl sites for hydroxylation is 2. The van der Waals surface area contributed by atoms with Crippen LogP contribution in [-0.2, 0) is 6.54 Å². The zero-order valence-corrected chi connectivity index (χ0v) is 10.1. The van der Waals surface area contributed by atoms with E-state index in [9.17, 15) is 14.9 Å². The second-order valence-electron chi connectivity index (χ2n) is 3.84. The van der Waals surface area contributed by atoms with E-state index in [1.165, 1.54) is 16.8 Å². The first-order chi connectivity index (χ1) is 8.06. The van der Waals surface area contributed by atoms with Crippen LogP contribution in [0.25, 0.3) is 0 Å². The van der Waals surface area contributed by atoms with E-state index >= 15 is 0 Å². The smallest absolute Gasteiger partial charge is 0.288 e. The van der Waals surface area contributed by atoms with Crippen LogP contribution in [0.1, 0.15) is 18.9 Å². The fourth-order valence-corrected chi connectivity index (χ4v) is 1.57. The Labute approximate surface area is 99.4 Å². The molecule has 17 heavy (non-hydrogen) atoms. The summed E-state index contributed by atoms with van der Waals surface area (Å²) in [7, 11) is 0. The van der Waals surface area contributed by atoms with Crippen molar-refractivity contribution < 1.29 is 4.92 Å². The lowest BCUT2D eigenvalue weighted by Crippen LogP contribution is -2.23. The highest BCUT2D eigenvalue weighted by Crippen LogP contribution is 2.13. The largest absolute Gasteiger partial charge is 0.317 e. The van der Waals surface area contributed by atoms with Gasteiger partial charge < -0.3 is 9.88 Å². The van der Waals surface area contributed by atoms with Crippen LogP contribution in [0.5, 0.6) is 0 Å². The highest BCUT2D eigenvalue weighted by atomic mass is 16.6. The molecule has 1 aromatic heterocycles. The van der Waals surface area contributed by atoms with Crippen LogP contribution in [0.4, 0.5) is 5.69 Å². The van der Waals surface area contributed by atoms with Gasteiger partial charge in [0, 0.05) is 18.2 Å². The van der Waals surface area contributed by atoms with Crippen LogP contribution < -0.4 is 10.9 Å². The van der Waals surface area contributed by atoms with Crippen LogP contribution in [0.15, 0.2) is 17.1 Å². The van der Waals surface area contributed by atoms with Crippen LogP contribution in [-0.4, -0.2) is 22.6 Å². The lowest BCUT2D eigenvalue weighted by Gasteiger charge is -2.06. The monoisotopic (exact) mass is 239 g/mol. The average molecular weight is 239 g/mol.